The van der Waals surface area contributed by atoms with Gasteiger partial charge in [-0.05, 0) is 24.6 Å². The lowest BCUT2D eigenvalue weighted by Gasteiger charge is -2.12. The largest absolute Gasteiger partial charge is 0.497 e. The minimum Gasteiger partial charge on any atom is -0.497 e. The van der Waals surface area contributed by atoms with Gasteiger partial charge < -0.3 is 9.26 Å². The molecule has 0 radical (unpaired) electrons. The fraction of sp³-hybridized carbons (Fsp3) is 0.500. The summed E-state index contributed by atoms with van der Waals surface area (Å²) in [5, 5.41) is 3.02. The Bertz CT molecular complexity index is 775. The van der Waals surface area contributed by atoms with Crippen molar-refractivity contribution in [1.29, 1.82) is 0 Å². The summed E-state index contributed by atoms with van der Waals surface area (Å²) in [6.07, 6.45) is 0. The molecule has 1 aromatic carbocycles. The molecular formula is C16H22N2O4S. The van der Waals surface area contributed by atoms with Crippen molar-refractivity contribution in [3.05, 3.63) is 41.5 Å². The van der Waals surface area contributed by atoms with Crippen LogP contribution in [-0.4, -0.2) is 25.7 Å². The molecule has 1 heterocycles. The third-order valence-corrected chi connectivity index (χ3v) is 5.52. The van der Waals surface area contributed by atoms with Crippen molar-refractivity contribution in [1.82, 2.24) is 10.1 Å². The first-order chi connectivity index (χ1) is 10.6. The fourth-order valence-corrected chi connectivity index (χ4v) is 3.28. The number of sulfone groups is 1. The molecule has 2 aromatic rings. The zero-order valence-corrected chi connectivity index (χ0v) is 14.8. The Morgan fingerprint density at radius 3 is 2.57 bits per heavy atom. The lowest BCUT2D eigenvalue weighted by Crippen LogP contribution is -2.15. The van der Waals surface area contributed by atoms with E-state index in [1.807, 2.05) is 20.8 Å². The zero-order chi connectivity index (χ0) is 17.3. The highest BCUT2D eigenvalue weighted by molar-refractivity contribution is 7.90. The Morgan fingerprint density at radius 1 is 1.30 bits per heavy atom. The molecule has 2 rings (SSSR count). The van der Waals surface area contributed by atoms with E-state index in [0.717, 1.165) is 0 Å². The molecule has 0 saturated carbocycles. The molecule has 0 fully saturated rings. The summed E-state index contributed by atoms with van der Waals surface area (Å²) < 4.78 is 35.5. The van der Waals surface area contributed by atoms with E-state index in [1.54, 1.807) is 38.3 Å². The molecule has 0 spiro atoms. The van der Waals surface area contributed by atoms with E-state index in [1.165, 1.54) is 0 Å². The lowest BCUT2D eigenvalue weighted by atomic mass is 9.96. The second kappa shape index (κ2) is 6.31. The molecule has 0 bridgehead atoms. The number of nitrogens with zero attached hydrogens (tertiary/aromatic N) is 2. The third kappa shape index (κ3) is 4.10. The van der Waals surface area contributed by atoms with Crippen LogP contribution in [0.4, 0.5) is 0 Å². The standard InChI is InChI=1S/C16H22N2O4S/c1-11(14-17-15(18-22-14)16(2,3)4)23(19,20)10-12-7-6-8-13(9-12)21-5/h6-9,11H,10H2,1-5H3/t11-/m1/s1. The van der Waals surface area contributed by atoms with Crippen molar-refractivity contribution < 1.29 is 17.7 Å². The third-order valence-electron chi connectivity index (χ3n) is 3.50. The van der Waals surface area contributed by atoms with Gasteiger partial charge in [0.2, 0.25) is 5.89 Å². The van der Waals surface area contributed by atoms with Gasteiger partial charge in [0.05, 0.1) is 12.9 Å². The van der Waals surface area contributed by atoms with E-state index in [-0.39, 0.29) is 17.1 Å². The smallest absolute Gasteiger partial charge is 0.244 e. The van der Waals surface area contributed by atoms with Crippen LogP contribution < -0.4 is 4.74 Å². The van der Waals surface area contributed by atoms with Gasteiger partial charge in [0, 0.05) is 5.41 Å². The van der Waals surface area contributed by atoms with Gasteiger partial charge in [0.25, 0.3) is 0 Å². The van der Waals surface area contributed by atoms with Gasteiger partial charge >= 0.3 is 0 Å². The van der Waals surface area contributed by atoms with E-state index < -0.39 is 15.1 Å². The highest BCUT2D eigenvalue weighted by atomic mass is 32.2. The van der Waals surface area contributed by atoms with Crippen LogP contribution in [0, 0.1) is 0 Å². The van der Waals surface area contributed by atoms with Crippen LogP contribution in [0.3, 0.4) is 0 Å². The van der Waals surface area contributed by atoms with Gasteiger partial charge in [-0.3, -0.25) is 0 Å². The molecule has 126 valence electrons. The predicted molar refractivity (Wildman–Crippen MR) is 87.0 cm³/mol. The monoisotopic (exact) mass is 338 g/mol. The van der Waals surface area contributed by atoms with Crippen LogP contribution in [0.25, 0.3) is 0 Å². The Balaban J connectivity index is 2.23. The summed E-state index contributed by atoms with van der Waals surface area (Å²) >= 11 is 0. The molecule has 1 aromatic heterocycles. The normalized spacial score (nSPS) is 13.8. The predicted octanol–water partition coefficient (Wildman–Crippen LogP) is 3.05. The molecule has 0 saturated heterocycles. The number of methoxy groups -OCH3 is 1. The summed E-state index contributed by atoms with van der Waals surface area (Å²) in [4.78, 5) is 4.24. The SMILES string of the molecule is COc1cccc(CS(=O)(=O)[C@H](C)c2nc(C(C)(C)C)no2)c1. The first kappa shape index (κ1) is 17.5. The molecule has 0 unspecified atom stereocenters. The average molecular weight is 338 g/mol. The fourth-order valence-electron chi connectivity index (χ4n) is 1.98. The summed E-state index contributed by atoms with van der Waals surface area (Å²) in [7, 11) is -1.93. The number of hydrogen-bond donors (Lipinski definition) is 0. The van der Waals surface area contributed by atoms with Crippen molar-refractivity contribution in [3.63, 3.8) is 0 Å². The van der Waals surface area contributed by atoms with Gasteiger partial charge in [-0.1, -0.05) is 38.1 Å². The first-order valence-electron chi connectivity index (χ1n) is 7.32. The molecule has 6 nitrogen and oxygen atoms in total. The van der Waals surface area contributed by atoms with Crippen molar-refractivity contribution in [2.24, 2.45) is 0 Å². The highest BCUT2D eigenvalue weighted by Crippen LogP contribution is 2.27. The van der Waals surface area contributed by atoms with Crippen molar-refractivity contribution in [2.75, 3.05) is 7.11 Å². The minimum absolute atomic E-state index is 0.113. The number of ether oxygens (including phenoxy) is 1. The van der Waals surface area contributed by atoms with Crippen LogP contribution in [0.1, 0.15) is 50.2 Å². The van der Waals surface area contributed by atoms with E-state index in [0.29, 0.717) is 17.1 Å². The van der Waals surface area contributed by atoms with Crippen LogP contribution in [0.5, 0.6) is 5.75 Å². The number of hydrogen-bond acceptors (Lipinski definition) is 6. The number of benzene rings is 1. The van der Waals surface area contributed by atoms with Gasteiger partial charge in [-0.25, -0.2) is 8.42 Å². The number of rotatable bonds is 5. The molecule has 7 heteroatoms. The molecule has 0 amide bonds. The van der Waals surface area contributed by atoms with Gasteiger partial charge in [0.1, 0.15) is 11.0 Å². The molecule has 23 heavy (non-hydrogen) atoms. The maximum Gasteiger partial charge on any atom is 0.244 e. The van der Waals surface area contributed by atoms with Crippen LogP contribution in [0.15, 0.2) is 28.8 Å². The molecule has 1 atom stereocenters. The first-order valence-corrected chi connectivity index (χ1v) is 9.03. The summed E-state index contributed by atoms with van der Waals surface area (Å²) in [6, 6.07) is 6.99. The van der Waals surface area contributed by atoms with E-state index in [4.69, 9.17) is 9.26 Å². The van der Waals surface area contributed by atoms with E-state index >= 15 is 0 Å². The second-order valence-electron chi connectivity index (χ2n) is 6.51. The van der Waals surface area contributed by atoms with Gasteiger partial charge in [-0.15, -0.1) is 0 Å². The Morgan fingerprint density at radius 2 is 2.00 bits per heavy atom. The molecule has 0 N–H and O–H groups in total. The van der Waals surface area contributed by atoms with Gasteiger partial charge in [0.15, 0.2) is 15.7 Å². The Labute approximate surface area is 136 Å². The zero-order valence-electron chi connectivity index (χ0n) is 14.0. The Kier molecular flexibility index (Phi) is 4.79. The maximum absolute atomic E-state index is 12.6. The molecular weight excluding hydrogens is 316 g/mol. The summed E-state index contributed by atoms with van der Waals surface area (Å²) in [5.41, 5.74) is 0.365. The van der Waals surface area contributed by atoms with Crippen molar-refractivity contribution in [3.8, 4) is 5.75 Å². The minimum atomic E-state index is -3.48. The molecule has 0 aliphatic rings. The Hall–Kier alpha value is -1.89. The van der Waals surface area contributed by atoms with E-state index in [9.17, 15) is 8.42 Å². The van der Waals surface area contributed by atoms with Crippen molar-refractivity contribution in [2.45, 2.75) is 44.1 Å². The van der Waals surface area contributed by atoms with Gasteiger partial charge in [-0.2, -0.15) is 4.98 Å². The highest BCUT2D eigenvalue weighted by Gasteiger charge is 2.30. The average Bonchev–Trinajstić information content (AvgIpc) is 2.96. The molecule has 0 aliphatic carbocycles. The molecule has 0 aliphatic heterocycles. The topological polar surface area (TPSA) is 82.3 Å². The maximum atomic E-state index is 12.6. The van der Waals surface area contributed by atoms with Crippen LogP contribution >= 0.6 is 0 Å². The summed E-state index contributed by atoms with van der Waals surface area (Å²) in [6.45, 7) is 7.39. The van der Waals surface area contributed by atoms with Crippen LogP contribution in [0.2, 0.25) is 0 Å². The van der Waals surface area contributed by atoms with Crippen molar-refractivity contribution >= 4 is 9.84 Å². The summed E-state index contributed by atoms with van der Waals surface area (Å²) in [5.74, 6) is 1.13. The second-order valence-corrected chi connectivity index (χ2v) is 8.83. The van der Waals surface area contributed by atoms with E-state index in [2.05, 4.69) is 10.1 Å². The van der Waals surface area contributed by atoms with Crippen LogP contribution in [-0.2, 0) is 21.0 Å². The quantitative estimate of drug-likeness (QED) is 0.833. The number of aromatic nitrogens is 2. The lowest BCUT2D eigenvalue weighted by molar-refractivity contribution is 0.361.